The van der Waals surface area contributed by atoms with Gasteiger partial charge < -0.3 is 9.52 Å². The number of benzene rings is 2. The van der Waals surface area contributed by atoms with Gasteiger partial charge in [-0.2, -0.15) is 9.90 Å². The van der Waals surface area contributed by atoms with Gasteiger partial charge in [0.1, 0.15) is 18.1 Å². The lowest BCUT2D eigenvalue weighted by Crippen LogP contribution is -2.24. The van der Waals surface area contributed by atoms with E-state index in [1.54, 1.807) is 24.3 Å². The Morgan fingerprint density at radius 2 is 1.87 bits per heavy atom. The summed E-state index contributed by atoms with van der Waals surface area (Å²) in [6.45, 7) is -0.150. The third-order valence-corrected chi connectivity index (χ3v) is 4.17. The maximum Gasteiger partial charge on any atom is 0.335 e. The molecule has 0 atom stereocenters. The first kappa shape index (κ1) is 19.7. The Labute approximate surface area is 175 Å². The van der Waals surface area contributed by atoms with E-state index >= 15 is 0 Å². The maximum atomic E-state index is 12.0. The highest BCUT2D eigenvalue weighted by Crippen LogP contribution is 2.22. The minimum absolute atomic E-state index is 0.150. The minimum Gasteiger partial charge on any atom is -0.478 e. The average molecular weight is 416 g/mol. The van der Waals surface area contributed by atoms with Crippen molar-refractivity contribution in [1.82, 2.24) is 25.6 Å². The predicted octanol–water partition coefficient (Wildman–Crippen LogP) is 2.45. The van der Waals surface area contributed by atoms with Gasteiger partial charge in [-0.15, -0.1) is 10.2 Å². The van der Waals surface area contributed by atoms with E-state index < -0.39 is 11.9 Å². The van der Waals surface area contributed by atoms with E-state index in [-0.39, 0.29) is 12.1 Å². The minimum atomic E-state index is -1.02. The summed E-state index contributed by atoms with van der Waals surface area (Å²) < 4.78 is 5.62. The number of aromatic nitrogens is 4. The lowest BCUT2D eigenvalue weighted by molar-refractivity contribution is -0.122. The molecule has 4 aromatic rings. The fourth-order valence-corrected chi connectivity index (χ4v) is 2.73. The number of rotatable bonds is 7. The Bertz CT molecular complexity index is 1250. The second-order valence-electron chi connectivity index (χ2n) is 6.39. The molecule has 2 heterocycles. The Morgan fingerprint density at radius 1 is 1.06 bits per heavy atom. The molecule has 0 aliphatic carbocycles. The number of carboxylic acids is 1. The fraction of sp³-hybridized carbons (Fsp3) is 0.0476. The first-order valence-corrected chi connectivity index (χ1v) is 9.17. The Balaban J connectivity index is 1.34. The van der Waals surface area contributed by atoms with Crippen LogP contribution < -0.4 is 5.43 Å². The fourth-order valence-electron chi connectivity index (χ4n) is 2.73. The van der Waals surface area contributed by atoms with Gasteiger partial charge in [-0.3, -0.25) is 4.79 Å². The molecule has 0 aliphatic rings. The van der Waals surface area contributed by atoms with Crippen molar-refractivity contribution in [2.24, 2.45) is 5.10 Å². The lowest BCUT2D eigenvalue weighted by atomic mass is 10.1. The quantitative estimate of drug-likeness (QED) is 0.349. The number of aromatic carboxylic acids is 1. The van der Waals surface area contributed by atoms with Crippen molar-refractivity contribution in [3.05, 3.63) is 78.1 Å². The molecule has 2 aromatic heterocycles. The highest BCUT2D eigenvalue weighted by molar-refractivity contribution is 5.89. The molecule has 2 N–H and O–H groups in total. The molecule has 0 saturated heterocycles. The van der Waals surface area contributed by atoms with E-state index in [1.807, 2.05) is 30.3 Å². The van der Waals surface area contributed by atoms with Gasteiger partial charge >= 0.3 is 5.97 Å². The smallest absolute Gasteiger partial charge is 0.335 e. The number of hydrogen-bond donors (Lipinski definition) is 2. The zero-order valence-corrected chi connectivity index (χ0v) is 16.0. The summed E-state index contributed by atoms with van der Waals surface area (Å²) in [6.07, 6.45) is 1.34. The maximum absolute atomic E-state index is 12.0. The number of carboxylic acid groups (broad SMARTS) is 1. The zero-order chi connectivity index (χ0) is 21.6. The van der Waals surface area contributed by atoms with Crippen LogP contribution >= 0.6 is 0 Å². The highest BCUT2D eigenvalue weighted by atomic mass is 16.4. The molecule has 0 aliphatic heterocycles. The molecular formula is C21H16N6O4. The molecule has 0 saturated carbocycles. The van der Waals surface area contributed by atoms with E-state index in [1.165, 1.54) is 23.1 Å². The molecule has 0 bridgehead atoms. The van der Waals surface area contributed by atoms with Gasteiger partial charge in [-0.25, -0.2) is 10.2 Å². The molecular weight excluding hydrogens is 400 g/mol. The standard InChI is InChI=1S/C21H16N6O4/c28-19(13-27-25-20(24-26-27)14-5-2-1-3-6-14)23-22-12-17-9-10-18(31-17)15-7-4-8-16(11-15)21(29)30/h1-12H,13H2,(H,23,28)(H,29,30). The number of hydrogen-bond acceptors (Lipinski definition) is 7. The third-order valence-electron chi connectivity index (χ3n) is 4.17. The van der Waals surface area contributed by atoms with Crippen LogP contribution in [0.3, 0.4) is 0 Å². The van der Waals surface area contributed by atoms with E-state index in [4.69, 9.17) is 9.52 Å². The molecule has 4 rings (SSSR count). The van der Waals surface area contributed by atoms with Crippen LogP contribution in [0.25, 0.3) is 22.7 Å². The molecule has 0 unspecified atom stereocenters. The van der Waals surface area contributed by atoms with Crippen molar-refractivity contribution in [1.29, 1.82) is 0 Å². The van der Waals surface area contributed by atoms with E-state index in [2.05, 4.69) is 25.9 Å². The number of hydrazone groups is 1. The Morgan fingerprint density at radius 3 is 2.68 bits per heavy atom. The molecule has 10 nitrogen and oxygen atoms in total. The summed E-state index contributed by atoms with van der Waals surface area (Å²) in [6, 6.07) is 19.0. The van der Waals surface area contributed by atoms with Gasteiger partial charge in [0, 0.05) is 11.1 Å². The predicted molar refractivity (Wildman–Crippen MR) is 110 cm³/mol. The summed E-state index contributed by atoms with van der Waals surface area (Å²) in [7, 11) is 0. The summed E-state index contributed by atoms with van der Waals surface area (Å²) >= 11 is 0. The largest absolute Gasteiger partial charge is 0.478 e. The number of carbonyl (C=O) groups excluding carboxylic acids is 1. The first-order chi connectivity index (χ1) is 15.1. The second kappa shape index (κ2) is 8.82. The van der Waals surface area contributed by atoms with Crippen molar-refractivity contribution in [3.8, 4) is 22.7 Å². The molecule has 154 valence electrons. The molecule has 0 spiro atoms. The van der Waals surface area contributed by atoms with Crippen LogP contribution in [-0.4, -0.2) is 43.4 Å². The van der Waals surface area contributed by atoms with Gasteiger partial charge in [0.2, 0.25) is 5.82 Å². The Kier molecular flexibility index (Phi) is 5.61. The zero-order valence-electron chi connectivity index (χ0n) is 16.0. The molecule has 2 aromatic carbocycles. The van der Waals surface area contributed by atoms with Gasteiger partial charge in [0.15, 0.2) is 0 Å². The van der Waals surface area contributed by atoms with E-state index in [9.17, 15) is 9.59 Å². The highest BCUT2D eigenvalue weighted by Gasteiger charge is 2.10. The van der Waals surface area contributed by atoms with Crippen molar-refractivity contribution < 1.29 is 19.1 Å². The summed E-state index contributed by atoms with van der Waals surface area (Å²) in [5.41, 5.74) is 3.95. The van der Waals surface area contributed by atoms with E-state index in [0.29, 0.717) is 22.9 Å². The summed E-state index contributed by atoms with van der Waals surface area (Å²) in [4.78, 5) is 24.3. The number of nitrogens with one attached hydrogen (secondary N) is 1. The summed E-state index contributed by atoms with van der Waals surface area (Å²) in [5, 5.41) is 24.9. The second-order valence-corrected chi connectivity index (χ2v) is 6.39. The number of furan rings is 1. The van der Waals surface area contributed by atoms with Crippen LogP contribution in [0.1, 0.15) is 16.1 Å². The van der Waals surface area contributed by atoms with E-state index in [0.717, 1.165) is 5.56 Å². The van der Waals surface area contributed by atoms with Gasteiger partial charge in [-0.1, -0.05) is 42.5 Å². The van der Waals surface area contributed by atoms with Gasteiger partial charge in [0.25, 0.3) is 5.91 Å². The lowest BCUT2D eigenvalue weighted by Gasteiger charge is -1.99. The van der Waals surface area contributed by atoms with Crippen LogP contribution in [-0.2, 0) is 11.3 Å². The van der Waals surface area contributed by atoms with Crippen LogP contribution in [0.4, 0.5) is 0 Å². The number of nitrogens with zero attached hydrogens (tertiary/aromatic N) is 5. The SMILES string of the molecule is O=C(Cn1nnc(-c2ccccc2)n1)NN=Cc1ccc(-c2cccc(C(=O)O)c2)o1. The Hall–Kier alpha value is -4.60. The third kappa shape index (κ3) is 4.88. The van der Waals surface area contributed by atoms with Crippen LogP contribution in [0.5, 0.6) is 0 Å². The van der Waals surface area contributed by atoms with Gasteiger partial charge in [-0.05, 0) is 29.5 Å². The van der Waals surface area contributed by atoms with Crippen LogP contribution in [0.2, 0.25) is 0 Å². The number of carbonyl (C=O) groups is 2. The topological polar surface area (TPSA) is 136 Å². The van der Waals surface area contributed by atoms with Crippen molar-refractivity contribution >= 4 is 18.1 Å². The molecule has 1 amide bonds. The normalized spacial score (nSPS) is 11.0. The molecule has 0 fully saturated rings. The summed E-state index contributed by atoms with van der Waals surface area (Å²) in [5.74, 6) is -0.158. The van der Waals surface area contributed by atoms with Crippen LogP contribution in [0, 0.1) is 0 Å². The number of amides is 1. The first-order valence-electron chi connectivity index (χ1n) is 9.17. The molecule has 0 radical (unpaired) electrons. The van der Waals surface area contributed by atoms with Gasteiger partial charge in [0.05, 0.1) is 11.8 Å². The molecule has 31 heavy (non-hydrogen) atoms. The van der Waals surface area contributed by atoms with Crippen molar-refractivity contribution in [2.45, 2.75) is 6.54 Å². The average Bonchev–Trinajstić information content (AvgIpc) is 3.44. The molecule has 10 heteroatoms. The number of tetrazole rings is 1. The monoisotopic (exact) mass is 416 g/mol. The van der Waals surface area contributed by atoms with Crippen molar-refractivity contribution in [3.63, 3.8) is 0 Å². The van der Waals surface area contributed by atoms with Crippen LogP contribution in [0.15, 0.2) is 76.2 Å². The van der Waals surface area contributed by atoms with Crippen molar-refractivity contribution in [2.75, 3.05) is 0 Å².